The van der Waals surface area contributed by atoms with Gasteiger partial charge in [-0.15, -0.1) is 0 Å². The molecule has 0 aromatic rings. The zero-order chi connectivity index (χ0) is 53.8. The van der Waals surface area contributed by atoms with Crippen molar-refractivity contribution in [2.24, 2.45) is 0 Å². The maximum absolute atomic E-state index is 13.0. The van der Waals surface area contributed by atoms with Crippen molar-refractivity contribution in [1.29, 1.82) is 0 Å². The number of amides is 1. The smallest absolute Gasteiger partial charge is 0.305 e. The van der Waals surface area contributed by atoms with Crippen molar-refractivity contribution < 1.29 is 49.3 Å². The summed E-state index contributed by atoms with van der Waals surface area (Å²) in [5.74, 6) is -0.209. The molecule has 1 saturated heterocycles. The topological polar surface area (TPSA) is 175 Å². The highest BCUT2D eigenvalue weighted by Gasteiger charge is 2.44. The second-order valence-corrected chi connectivity index (χ2v) is 21.4. The number of aliphatic hydroxyl groups excluding tert-OH is 5. The van der Waals surface area contributed by atoms with E-state index in [0.717, 1.165) is 83.5 Å². The molecule has 0 bridgehead atoms. The van der Waals surface area contributed by atoms with Gasteiger partial charge in [-0.05, 0) is 89.9 Å². The first-order valence-corrected chi connectivity index (χ1v) is 30.9. The van der Waals surface area contributed by atoms with Crippen molar-refractivity contribution in [3.63, 3.8) is 0 Å². The molecular formula is C63H115NO10. The van der Waals surface area contributed by atoms with Gasteiger partial charge in [0.15, 0.2) is 6.29 Å². The molecule has 1 aliphatic rings. The molecule has 1 rings (SSSR count). The lowest BCUT2D eigenvalue weighted by molar-refractivity contribution is -0.302. The van der Waals surface area contributed by atoms with E-state index in [4.69, 9.17) is 14.2 Å². The van der Waals surface area contributed by atoms with E-state index in [2.05, 4.69) is 55.6 Å². The number of carbonyl (C=O) groups excluding carboxylic acids is 2. The van der Waals surface area contributed by atoms with Gasteiger partial charge in [0.2, 0.25) is 5.91 Å². The SMILES string of the molecule is CCCCC/C=C\CCCCCCCC(=O)OCCCCCCCCCCC/C=C\C/C=C\CCCCCCCCCC(=O)NC(COC1OC(CO)C(O)C(O)C1O)C(O)/C=C/CCCCCCCCCCC. The van der Waals surface area contributed by atoms with Crippen molar-refractivity contribution in [2.75, 3.05) is 19.8 Å². The van der Waals surface area contributed by atoms with E-state index in [-0.39, 0.29) is 18.5 Å². The highest BCUT2D eigenvalue weighted by atomic mass is 16.7. The minimum atomic E-state index is -1.57. The summed E-state index contributed by atoms with van der Waals surface area (Å²) in [6.45, 7) is 4.29. The molecule has 0 aliphatic carbocycles. The minimum Gasteiger partial charge on any atom is -0.466 e. The second kappa shape index (κ2) is 52.7. The largest absolute Gasteiger partial charge is 0.466 e. The summed E-state index contributed by atoms with van der Waals surface area (Å²) >= 11 is 0. The van der Waals surface area contributed by atoms with Gasteiger partial charge >= 0.3 is 5.97 Å². The van der Waals surface area contributed by atoms with Gasteiger partial charge in [-0.2, -0.15) is 0 Å². The van der Waals surface area contributed by atoms with Gasteiger partial charge in [-0.1, -0.05) is 223 Å². The molecule has 7 unspecified atom stereocenters. The van der Waals surface area contributed by atoms with Crippen LogP contribution in [0.1, 0.15) is 277 Å². The van der Waals surface area contributed by atoms with Crippen LogP contribution in [0.15, 0.2) is 48.6 Å². The van der Waals surface area contributed by atoms with Crippen molar-refractivity contribution in [2.45, 2.75) is 320 Å². The summed E-state index contributed by atoms with van der Waals surface area (Å²) in [7, 11) is 0. The number of hydrogen-bond acceptors (Lipinski definition) is 10. The Balaban J connectivity index is 2.06. The lowest BCUT2D eigenvalue weighted by atomic mass is 9.99. The summed E-state index contributed by atoms with van der Waals surface area (Å²) in [6.07, 6.45) is 56.4. The van der Waals surface area contributed by atoms with Crippen LogP contribution in [0.4, 0.5) is 0 Å². The van der Waals surface area contributed by atoms with E-state index in [9.17, 15) is 35.1 Å². The van der Waals surface area contributed by atoms with E-state index in [0.29, 0.717) is 19.4 Å². The van der Waals surface area contributed by atoms with Crippen LogP contribution in [0.5, 0.6) is 0 Å². The van der Waals surface area contributed by atoms with E-state index in [1.165, 1.54) is 167 Å². The van der Waals surface area contributed by atoms with Gasteiger partial charge in [0.1, 0.15) is 24.4 Å². The Morgan fingerprint density at radius 2 is 0.905 bits per heavy atom. The van der Waals surface area contributed by atoms with E-state index in [1.807, 2.05) is 6.08 Å². The zero-order valence-electron chi connectivity index (χ0n) is 47.6. The number of esters is 1. The minimum absolute atomic E-state index is 0.0153. The molecule has 432 valence electrons. The summed E-state index contributed by atoms with van der Waals surface area (Å²) in [4.78, 5) is 25.0. The fourth-order valence-electron chi connectivity index (χ4n) is 9.46. The Kier molecular flexibility index (Phi) is 49.6. The fraction of sp³-hybridized carbons (Fsp3) is 0.841. The molecule has 0 saturated carbocycles. The summed E-state index contributed by atoms with van der Waals surface area (Å²) in [6, 6.07) is -0.817. The summed E-state index contributed by atoms with van der Waals surface area (Å²) in [5.41, 5.74) is 0. The number of aliphatic hydroxyl groups is 5. The molecule has 74 heavy (non-hydrogen) atoms. The first-order chi connectivity index (χ1) is 36.2. The first-order valence-electron chi connectivity index (χ1n) is 30.9. The highest BCUT2D eigenvalue weighted by Crippen LogP contribution is 2.23. The maximum Gasteiger partial charge on any atom is 0.305 e. The van der Waals surface area contributed by atoms with Crippen LogP contribution in [0.3, 0.4) is 0 Å². The van der Waals surface area contributed by atoms with Crippen molar-refractivity contribution in [1.82, 2.24) is 5.32 Å². The van der Waals surface area contributed by atoms with Crippen LogP contribution in [0, 0.1) is 0 Å². The number of nitrogens with one attached hydrogen (secondary N) is 1. The van der Waals surface area contributed by atoms with Crippen LogP contribution in [0.25, 0.3) is 0 Å². The highest BCUT2D eigenvalue weighted by molar-refractivity contribution is 5.76. The third-order valence-corrected chi connectivity index (χ3v) is 14.4. The molecule has 0 aromatic carbocycles. The van der Waals surface area contributed by atoms with Crippen LogP contribution >= 0.6 is 0 Å². The molecule has 1 fully saturated rings. The van der Waals surface area contributed by atoms with Gasteiger partial charge < -0.3 is 45.1 Å². The molecule has 11 nitrogen and oxygen atoms in total. The summed E-state index contributed by atoms with van der Waals surface area (Å²) in [5, 5.41) is 54.3. The van der Waals surface area contributed by atoms with Gasteiger partial charge in [-0.25, -0.2) is 0 Å². The molecule has 0 spiro atoms. The van der Waals surface area contributed by atoms with Crippen LogP contribution in [0.2, 0.25) is 0 Å². The Labute approximate surface area is 453 Å². The molecule has 0 aromatic heterocycles. The third kappa shape index (κ3) is 41.7. The second-order valence-electron chi connectivity index (χ2n) is 21.4. The lowest BCUT2D eigenvalue weighted by Crippen LogP contribution is -2.60. The maximum atomic E-state index is 13.0. The average molecular weight is 1050 g/mol. The summed E-state index contributed by atoms with van der Waals surface area (Å²) < 4.78 is 16.7. The number of allylic oxidation sites excluding steroid dienone is 7. The number of rotatable bonds is 53. The molecule has 0 radical (unpaired) electrons. The standard InChI is InChI=1S/C63H115NO10/c1-3-5-7-9-11-13-15-31-35-39-43-47-51-59(68)72-52-48-44-40-36-32-28-26-24-22-20-18-16-17-19-21-23-25-27-30-34-38-42-46-50-58(67)64-55(54-73-63-62(71)61(70)60(69)57(53-65)74-63)56(66)49-45-41-37-33-29-14-12-10-8-6-4-2/h11,13,16,18-19,21,45,49,55-57,60-63,65-66,69-71H,3-10,12,14-15,17,20,22-44,46-48,50-54H2,1-2H3,(H,64,67)/b13-11-,18-16-,21-19-,49-45+. The predicted molar refractivity (Wildman–Crippen MR) is 306 cm³/mol. The Bertz CT molecular complexity index is 1370. The molecule has 6 N–H and O–H groups in total. The van der Waals surface area contributed by atoms with Crippen molar-refractivity contribution >= 4 is 11.9 Å². The number of unbranched alkanes of at least 4 members (excludes halogenated alkanes) is 33. The van der Waals surface area contributed by atoms with E-state index >= 15 is 0 Å². The number of ether oxygens (including phenoxy) is 3. The van der Waals surface area contributed by atoms with Gasteiger partial charge in [0.05, 0.1) is 32.0 Å². The molecule has 1 amide bonds. The number of carbonyl (C=O) groups is 2. The Morgan fingerprint density at radius 1 is 0.500 bits per heavy atom. The first kappa shape index (κ1) is 69.6. The van der Waals surface area contributed by atoms with Gasteiger partial charge in [0, 0.05) is 12.8 Å². The number of hydrogen-bond donors (Lipinski definition) is 6. The average Bonchev–Trinajstić information content (AvgIpc) is 3.40. The van der Waals surface area contributed by atoms with Crippen molar-refractivity contribution in [3.05, 3.63) is 48.6 Å². The fourth-order valence-corrected chi connectivity index (χ4v) is 9.46. The molecule has 7 atom stereocenters. The molecule has 1 heterocycles. The van der Waals surface area contributed by atoms with Gasteiger partial charge in [-0.3, -0.25) is 9.59 Å². The van der Waals surface area contributed by atoms with Crippen LogP contribution in [-0.2, 0) is 23.8 Å². The van der Waals surface area contributed by atoms with Crippen LogP contribution < -0.4 is 5.32 Å². The lowest BCUT2D eigenvalue weighted by Gasteiger charge is -2.40. The monoisotopic (exact) mass is 1050 g/mol. The van der Waals surface area contributed by atoms with Crippen LogP contribution in [-0.4, -0.2) is 100 Å². The third-order valence-electron chi connectivity index (χ3n) is 14.4. The van der Waals surface area contributed by atoms with Gasteiger partial charge in [0.25, 0.3) is 0 Å². The molecule has 1 aliphatic heterocycles. The molecular weight excluding hydrogens is 931 g/mol. The Morgan fingerprint density at radius 3 is 1.41 bits per heavy atom. The van der Waals surface area contributed by atoms with E-state index in [1.54, 1.807) is 6.08 Å². The van der Waals surface area contributed by atoms with E-state index < -0.39 is 49.5 Å². The normalized spacial score (nSPS) is 19.1. The predicted octanol–water partition coefficient (Wildman–Crippen LogP) is 14.5. The van der Waals surface area contributed by atoms with Crippen molar-refractivity contribution in [3.8, 4) is 0 Å². The zero-order valence-corrected chi connectivity index (χ0v) is 47.6. The molecule has 11 heteroatoms. The quantitative estimate of drug-likeness (QED) is 0.0195. The Hall–Kier alpha value is -2.38.